The molecule has 1 fully saturated rings. The van der Waals surface area contributed by atoms with E-state index in [1.807, 2.05) is 30.3 Å². The first-order chi connectivity index (χ1) is 10.1. The summed E-state index contributed by atoms with van der Waals surface area (Å²) in [5.41, 5.74) is 1.46. The summed E-state index contributed by atoms with van der Waals surface area (Å²) in [7, 11) is 0. The number of ether oxygens (including phenoxy) is 1. The molecule has 1 amide bonds. The van der Waals surface area contributed by atoms with Crippen molar-refractivity contribution in [1.82, 2.24) is 4.90 Å². The van der Waals surface area contributed by atoms with Gasteiger partial charge >= 0.3 is 6.09 Å². The zero-order chi connectivity index (χ0) is 15.2. The van der Waals surface area contributed by atoms with Crippen molar-refractivity contribution in [3.8, 4) is 0 Å². The van der Waals surface area contributed by atoms with E-state index in [4.69, 9.17) is 4.74 Å². The van der Waals surface area contributed by atoms with Gasteiger partial charge in [-0.05, 0) is 34.6 Å². The molecule has 4 nitrogen and oxygen atoms in total. The zero-order valence-electron chi connectivity index (χ0n) is 12.0. The molecular formula is C16H18INO3. The van der Waals surface area contributed by atoms with E-state index in [1.165, 1.54) is 4.90 Å². The van der Waals surface area contributed by atoms with Crippen molar-refractivity contribution in [2.24, 2.45) is 0 Å². The van der Waals surface area contributed by atoms with Gasteiger partial charge in [0, 0.05) is 6.42 Å². The molecule has 0 radical (unpaired) electrons. The minimum absolute atomic E-state index is 0.0761. The molecule has 1 aliphatic heterocycles. The average Bonchev–Trinajstić information content (AvgIpc) is 2.92. The van der Waals surface area contributed by atoms with Crippen LogP contribution in [0.1, 0.15) is 31.7 Å². The van der Waals surface area contributed by atoms with Gasteiger partial charge in [0.1, 0.15) is 6.61 Å². The second-order valence-corrected chi connectivity index (χ2v) is 5.85. The monoisotopic (exact) mass is 399 g/mol. The van der Waals surface area contributed by atoms with Gasteiger partial charge in [0.2, 0.25) is 0 Å². The van der Waals surface area contributed by atoms with Gasteiger partial charge < -0.3 is 4.74 Å². The smallest absolute Gasteiger partial charge is 0.414 e. The fourth-order valence-corrected chi connectivity index (χ4v) is 3.22. The molecule has 1 aliphatic rings. The molecule has 1 aromatic rings. The molecule has 0 spiro atoms. The Balaban J connectivity index is 2.39. The van der Waals surface area contributed by atoms with Crippen molar-refractivity contribution < 1.29 is 14.3 Å². The third-order valence-electron chi connectivity index (χ3n) is 3.30. The van der Waals surface area contributed by atoms with Crippen molar-refractivity contribution >= 4 is 40.0 Å². The van der Waals surface area contributed by atoms with Crippen LogP contribution in [0.25, 0.3) is 5.57 Å². The van der Waals surface area contributed by atoms with Crippen molar-refractivity contribution in [2.45, 2.75) is 26.2 Å². The van der Waals surface area contributed by atoms with E-state index in [1.54, 1.807) is 0 Å². The van der Waals surface area contributed by atoms with Gasteiger partial charge in [-0.25, -0.2) is 4.79 Å². The molecule has 112 valence electrons. The number of Topliss-reactive ketones (excluding diaryl/α,β-unsaturated/α-hetero) is 1. The number of carbonyl (C=O) groups excluding carboxylic acids is 2. The Labute approximate surface area is 138 Å². The largest absolute Gasteiger partial charge is 0.447 e. The van der Waals surface area contributed by atoms with E-state index < -0.39 is 0 Å². The highest BCUT2D eigenvalue weighted by Crippen LogP contribution is 2.30. The quantitative estimate of drug-likeness (QED) is 0.413. The Bertz CT molecular complexity index is 554. The second-order valence-electron chi connectivity index (χ2n) is 4.82. The number of allylic oxidation sites excluding steroid dienone is 1. The lowest BCUT2D eigenvalue weighted by atomic mass is 9.99. The fraction of sp³-hybridized carbons (Fsp3) is 0.375. The highest BCUT2D eigenvalue weighted by Gasteiger charge is 2.28. The van der Waals surface area contributed by atoms with Gasteiger partial charge in [-0.3, -0.25) is 9.69 Å². The van der Waals surface area contributed by atoms with Gasteiger partial charge in [-0.1, -0.05) is 43.7 Å². The van der Waals surface area contributed by atoms with E-state index in [9.17, 15) is 9.59 Å². The second kappa shape index (κ2) is 7.59. The SMILES string of the molecule is CCCCC(=O)/C(=C(\I)N1CCOC1=O)c1ccccc1. The molecule has 0 atom stereocenters. The summed E-state index contributed by atoms with van der Waals surface area (Å²) in [4.78, 5) is 25.8. The number of hydrogen-bond donors (Lipinski definition) is 0. The first kappa shape index (κ1) is 16.0. The molecule has 0 aromatic heterocycles. The van der Waals surface area contributed by atoms with E-state index in [2.05, 4.69) is 29.5 Å². The number of cyclic esters (lactones) is 1. The number of unbranched alkanes of at least 4 members (excludes halogenated alkanes) is 1. The van der Waals surface area contributed by atoms with Gasteiger partial charge in [-0.15, -0.1) is 0 Å². The van der Waals surface area contributed by atoms with Gasteiger partial charge in [0.05, 0.1) is 15.8 Å². The molecule has 1 heterocycles. The highest BCUT2D eigenvalue weighted by atomic mass is 127. The maximum Gasteiger partial charge on any atom is 0.414 e. The zero-order valence-corrected chi connectivity index (χ0v) is 14.1. The fourth-order valence-electron chi connectivity index (χ4n) is 2.17. The third kappa shape index (κ3) is 3.84. The van der Waals surface area contributed by atoms with Gasteiger partial charge in [-0.2, -0.15) is 0 Å². The van der Waals surface area contributed by atoms with Crippen LogP contribution in [-0.2, 0) is 9.53 Å². The maximum atomic E-state index is 12.6. The number of halogens is 1. The molecule has 0 unspecified atom stereocenters. The normalized spacial score (nSPS) is 15.7. The number of carbonyl (C=O) groups is 2. The van der Waals surface area contributed by atoms with Crippen LogP contribution >= 0.6 is 22.6 Å². The summed E-state index contributed by atoms with van der Waals surface area (Å²) in [5.74, 6) is 0.0761. The van der Waals surface area contributed by atoms with Crippen LogP contribution in [-0.4, -0.2) is 29.9 Å². The van der Waals surface area contributed by atoms with Crippen LogP contribution in [0.2, 0.25) is 0 Å². The van der Waals surface area contributed by atoms with Crippen LogP contribution in [0.5, 0.6) is 0 Å². The van der Waals surface area contributed by atoms with E-state index in [0.29, 0.717) is 28.8 Å². The minimum Gasteiger partial charge on any atom is -0.447 e. The Kier molecular flexibility index (Phi) is 5.78. The number of benzene rings is 1. The van der Waals surface area contributed by atoms with Crippen molar-refractivity contribution in [3.63, 3.8) is 0 Å². The van der Waals surface area contributed by atoms with E-state index in [0.717, 1.165) is 18.4 Å². The molecule has 0 N–H and O–H groups in total. The predicted octanol–water partition coefficient (Wildman–Crippen LogP) is 4.00. The van der Waals surface area contributed by atoms with Crippen molar-refractivity contribution in [2.75, 3.05) is 13.2 Å². The Morgan fingerprint density at radius 3 is 2.62 bits per heavy atom. The lowest BCUT2D eigenvalue weighted by molar-refractivity contribution is -0.113. The van der Waals surface area contributed by atoms with Crippen LogP contribution in [0, 0.1) is 0 Å². The maximum absolute atomic E-state index is 12.6. The van der Waals surface area contributed by atoms with E-state index >= 15 is 0 Å². The summed E-state index contributed by atoms with van der Waals surface area (Å²) in [5, 5.41) is 0. The first-order valence-corrected chi connectivity index (χ1v) is 8.15. The Morgan fingerprint density at radius 2 is 2.05 bits per heavy atom. The topological polar surface area (TPSA) is 46.6 Å². The Hall–Kier alpha value is -1.37. The average molecular weight is 399 g/mol. The molecule has 0 aliphatic carbocycles. The van der Waals surface area contributed by atoms with Gasteiger partial charge in [0.15, 0.2) is 5.78 Å². The summed E-state index contributed by atoms with van der Waals surface area (Å²) in [6, 6.07) is 9.51. The number of amides is 1. The van der Waals surface area contributed by atoms with Crippen molar-refractivity contribution in [3.05, 3.63) is 39.6 Å². The molecule has 1 aromatic carbocycles. The summed E-state index contributed by atoms with van der Waals surface area (Å²) in [6.07, 6.45) is 1.94. The molecule has 5 heteroatoms. The Morgan fingerprint density at radius 1 is 1.33 bits per heavy atom. The summed E-state index contributed by atoms with van der Waals surface area (Å²) >= 11 is 2.08. The van der Waals surface area contributed by atoms with Gasteiger partial charge in [0.25, 0.3) is 0 Å². The number of rotatable bonds is 6. The molecule has 21 heavy (non-hydrogen) atoms. The molecule has 0 saturated carbocycles. The standard InChI is InChI=1S/C16H18INO3/c1-2-3-9-13(19)14(12-7-5-4-6-8-12)15(17)18-10-11-21-16(18)20/h4-8H,2-3,9-11H2,1H3/b15-14+. The van der Waals surface area contributed by atoms with Crippen molar-refractivity contribution in [1.29, 1.82) is 0 Å². The highest BCUT2D eigenvalue weighted by molar-refractivity contribution is 14.1. The number of ketones is 1. The van der Waals surface area contributed by atoms with Crippen LogP contribution in [0.15, 0.2) is 34.0 Å². The van der Waals surface area contributed by atoms with E-state index in [-0.39, 0.29) is 11.9 Å². The predicted molar refractivity (Wildman–Crippen MR) is 90.0 cm³/mol. The number of hydrogen-bond acceptors (Lipinski definition) is 3. The molecule has 0 bridgehead atoms. The lowest BCUT2D eigenvalue weighted by Crippen LogP contribution is -2.23. The lowest BCUT2D eigenvalue weighted by Gasteiger charge is -2.17. The molecular weight excluding hydrogens is 381 g/mol. The minimum atomic E-state index is -0.379. The summed E-state index contributed by atoms with van der Waals surface area (Å²) in [6.45, 7) is 2.92. The van der Waals surface area contributed by atoms with Crippen LogP contribution < -0.4 is 0 Å². The van der Waals surface area contributed by atoms with Crippen LogP contribution in [0.3, 0.4) is 0 Å². The third-order valence-corrected chi connectivity index (χ3v) is 4.42. The molecule has 1 saturated heterocycles. The molecule has 2 rings (SSSR count). The first-order valence-electron chi connectivity index (χ1n) is 7.07. The summed E-state index contributed by atoms with van der Waals surface area (Å²) < 4.78 is 5.63. The number of nitrogens with zero attached hydrogens (tertiary/aromatic N) is 1. The van der Waals surface area contributed by atoms with Crippen LogP contribution in [0.4, 0.5) is 4.79 Å².